The molecule has 2 aromatic rings. The maximum absolute atomic E-state index is 12.5. The number of rotatable bonds is 6. The van der Waals surface area contributed by atoms with E-state index in [2.05, 4.69) is 23.5 Å². The molecule has 4 rings (SSSR count). The lowest BCUT2D eigenvalue weighted by molar-refractivity contribution is -0.113. The summed E-state index contributed by atoms with van der Waals surface area (Å²) in [5.74, 6) is 0.229. The SMILES string of the molecule is O=C(CSc1ccc2c(c1)CCC2)Nc1ccc(S(=O)(=O)N2CCCC2)cc1. The second kappa shape index (κ2) is 8.27. The maximum atomic E-state index is 12.5. The molecule has 0 radical (unpaired) electrons. The number of fused-ring (bicyclic) bond motifs is 1. The minimum Gasteiger partial charge on any atom is -0.325 e. The molecule has 0 atom stereocenters. The van der Waals surface area contributed by atoms with Gasteiger partial charge in [0.25, 0.3) is 0 Å². The summed E-state index contributed by atoms with van der Waals surface area (Å²) in [4.78, 5) is 13.6. The zero-order valence-corrected chi connectivity index (χ0v) is 17.3. The van der Waals surface area contributed by atoms with E-state index in [0.717, 1.165) is 30.6 Å². The predicted octanol–water partition coefficient (Wildman–Crippen LogP) is 3.69. The van der Waals surface area contributed by atoms with Crippen LogP contribution < -0.4 is 5.32 Å². The Bertz CT molecular complexity index is 966. The van der Waals surface area contributed by atoms with Crippen LogP contribution in [-0.2, 0) is 27.7 Å². The second-order valence-electron chi connectivity index (χ2n) is 7.26. The fourth-order valence-electron chi connectivity index (χ4n) is 3.77. The van der Waals surface area contributed by atoms with Crippen LogP contribution in [0, 0.1) is 0 Å². The highest BCUT2D eigenvalue weighted by Crippen LogP contribution is 2.28. The van der Waals surface area contributed by atoms with Crippen LogP contribution in [0.25, 0.3) is 0 Å². The number of thioether (sulfide) groups is 1. The number of amides is 1. The van der Waals surface area contributed by atoms with E-state index in [-0.39, 0.29) is 10.8 Å². The third-order valence-electron chi connectivity index (χ3n) is 5.28. The zero-order valence-electron chi connectivity index (χ0n) is 15.7. The van der Waals surface area contributed by atoms with Crippen molar-refractivity contribution in [2.45, 2.75) is 41.9 Å². The molecule has 1 saturated heterocycles. The Morgan fingerprint density at radius 2 is 1.68 bits per heavy atom. The van der Waals surface area contributed by atoms with E-state index in [1.807, 2.05) is 0 Å². The first-order valence-electron chi connectivity index (χ1n) is 9.67. The fourth-order valence-corrected chi connectivity index (χ4v) is 6.05. The van der Waals surface area contributed by atoms with Gasteiger partial charge in [0.1, 0.15) is 0 Å². The van der Waals surface area contributed by atoms with E-state index in [9.17, 15) is 13.2 Å². The molecule has 1 aliphatic carbocycles. The van der Waals surface area contributed by atoms with Crippen molar-refractivity contribution < 1.29 is 13.2 Å². The third kappa shape index (κ3) is 4.26. The highest BCUT2D eigenvalue weighted by atomic mass is 32.2. The molecule has 0 spiro atoms. The van der Waals surface area contributed by atoms with E-state index < -0.39 is 10.0 Å². The molecule has 1 heterocycles. The van der Waals surface area contributed by atoms with Gasteiger partial charge in [-0.1, -0.05) is 6.07 Å². The van der Waals surface area contributed by atoms with Crippen molar-refractivity contribution >= 4 is 33.4 Å². The smallest absolute Gasteiger partial charge is 0.243 e. The van der Waals surface area contributed by atoms with E-state index in [0.29, 0.717) is 24.5 Å². The van der Waals surface area contributed by atoms with Crippen LogP contribution in [0.5, 0.6) is 0 Å². The minimum absolute atomic E-state index is 0.0966. The summed E-state index contributed by atoms with van der Waals surface area (Å²) in [7, 11) is -3.42. The number of hydrogen-bond acceptors (Lipinski definition) is 4. The zero-order chi connectivity index (χ0) is 19.6. The van der Waals surface area contributed by atoms with E-state index in [4.69, 9.17) is 0 Å². The molecule has 2 aliphatic rings. The number of carbonyl (C=O) groups is 1. The molecule has 1 amide bonds. The van der Waals surface area contributed by atoms with E-state index in [1.165, 1.54) is 33.6 Å². The Balaban J connectivity index is 1.33. The summed E-state index contributed by atoms with van der Waals surface area (Å²) < 4.78 is 26.6. The van der Waals surface area contributed by atoms with Gasteiger partial charge in [-0.25, -0.2) is 8.42 Å². The largest absolute Gasteiger partial charge is 0.325 e. The normalized spacial score (nSPS) is 16.9. The summed E-state index contributed by atoms with van der Waals surface area (Å²) in [5.41, 5.74) is 3.44. The molecule has 0 aromatic heterocycles. The van der Waals surface area contributed by atoms with Crippen LogP contribution in [0.4, 0.5) is 5.69 Å². The fraction of sp³-hybridized carbons (Fsp3) is 0.381. The standard InChI is InChI=1S/C21H24N2O3S2/c24-21(15-27-19-9-6-16-4-3-5-17(16)14-19)22-18-7-10-20(11-8-18)28(25,26)23-12-1-2-13-23/h6-11,14H,1-5,12-13,15H2,(H,22,24). The van der Waals surface area contributed by atoms with Gasteiger partial charge in [0.05, 0.1) is 10.6 Å². The summed E-state index contributed by atoms with van der Waals surface area (Å²) in [6.45, 7) is 1.17. The van der Waals surface area contributed by atoms with Crippen molar-refractivity contribution in [3.8, 4) is 0 Å². The summed E-state index contributed by atoms with van der Waals surface area (Å²) in [6, 6.07) is 12.9. The number of aryl methyl sites for hydroxylation is 2. The van der Waals surface area contributed by atoms with Gasteiger partial charge in [-0.3, -0.25) is 4.79 Å². The molecule has 28 heavy (non-hydrogen) atoms. The van der Waals surface area contributed by atoms with Crippen molar-refractivity contribution in [1.82, 2.24) is 4.31 Å². The van der Waals surface area contributed by atoms with Crippen LogP contribution in [0.1, 0.15) is 30.4 Å². The third-order valence-corrected chi connectivity index (χ3v) is 8.19. The highest BCUT2D eigenvalue weighted by Gasteiger charge is 2.26. The molecule has 0 saturated carbocycles. The minimum atomic E-state index is -3.42. The average molecular weight is 417 g/mol. The number of sulfonamides is 1. The number of benzene rings is 2. The lowest BCUT2D eigenvalue weighted by atomic mass is 10.1. The lowest BCUT2D eigenvalue weighted by Gasteiger charge is -2.15. The van der Waals surface area contributed by atoms with Crippen molar-refractivity contribution in [1.29, 1.82) is 0 Å². The van der Waals surface area contributed by atoms with Crippen LogP contribution in [0.3, 0.4) is 0 Å². The van der Waals surface area contributed by atoms with Crippen molar-refractivity contribution in [3.63, 3.8) is 0 Å². The number of anilines is 1. The van der Waals surface area contributed by atoms with Crippen LogP contribution in [-0.4, -0.2) is 37.5 Å². The molecule has 148 valence electrons. The van der Waals surface area contributed by atoms with Gasteiger partial charge < -0.3 is 5.32 Å². The number of nitrogens with one attached hydrogen (secondary N) is 1. The average Bonchev–Trinajstić information content (AvgIpc) is 3.38. The number of hydrogen-bond donors (Lipinski definition) is 1. The predicted molar refractivity (Wildman–Crippen MR) is 112 cm³/mol. The van der Waals surface area contributed by atoms with Gasteiger partial charge in [0.15, 0.2) is 0 Å². The lowest BCUT2D eigenvalue weighted by Crippen LogP contribution is -2.27. The van der Waals surface area contributed by atoms with Gasteiger partial charge in [0.2, 0.25) is 15.9 Å². The first-order valence-corrected chi connectivity index (χ1v) is 12.1. The number of carbonyl (C=O) groups excluding carboxylic acids is 1. The van der Waals surface area contributed by atoms with Gasteiger partial charge in [-0.05, 0) is 79.6 Å². The van der Waals surface area contributed by atoms with Crippen molar-refractivity contribution in [2.24, 2.45) is 0 Å². The van der Waals surface area contributed by atoms with Gasteiger partial charge in [-0.15, -0.1) is 11.8 Å². The van der Waals surface area contributed by atoms with Crippen molar-refractivity contribution in [3.05, 3.63) is 53.6 Å². The van der Waals surface area contributed by atoms with E-state index in [1.54, 1.807) is 24.3 Å². The van der Waals surface area contributed by atoms with Gasteiger partial charge in [-0.2, -0.15) is 4.31 Å². The molecule has 1 fully saturated rings. The quantitative estimate of drug-likeness (QED) is 0.730. The second-order valence-corrected chi connectivity index (χ2v) is 10.2. The molecule has 0 bridgehead atoms. The molecular formula is C21H24N2O3S2. The summed E-state index contributed by atoms with van der Waals surface area (Å²) in [6.07, 6.45) is 5.32. The Morgan fingerprint density at radius 1 is 0.964 bits per heavy atom. The molecule has 0 unspecified atom stereocenters. The molecule has 2 aromatic carbocycles. The summed E-state index contributed by atoms with van der Waals surface area (Å²) >= 11 is 1.52. The van der Waals surface area contributed by atoms with Gasteiger partial charge in [0, 0.05) is 23.7 Å². The molecule has 5 nitrogen and oxygen atoms in total. The Morgan fingerprint density at radius 3 is 2.43 bits per heavy atom. The monoisotopic (exact) mass is 416 g/mol. The first-order chi connectivity index (χ1) is 13.5. The summed E-state index contributed by atoms with van der Waals surface area (Å²) in [5, 5.41) is 2.84. The van der Waals surface area contributed by atoms with Crippen molar-refractivity contribution in [2.75, 3.05) is 24.2 Å². The van der Waals surface area contributed by atoms with Gasteiger partial charge >= 0.3 is 0 Å². The molecule has 7 heteroatoms. The van der Waals surface area contributed by atoms with Crippen LogP contribution in [0.15, 0.2) is 52.3 Å². The Hall–Kier alpha value is -1.83. The van der Waals surface area contributed by atoms with E-state index >= 15 is 0 Å². The molecule has 1 N–H and O–H groups in total. The molecule has 1 aliphatic heterocycles. The van der Waals surface area contributed by atoms with Crippen LogP contribution >= 0.6 is 11.8 Å². The molecular weight excluding hydrogens is 392 g/mol. The topological polar surface area (TPSA) is 66.5 Å². The Kier molecular flexibility index (Phi) is 5.75. The maximum Gasteiger partial charge on any atom is 0.243 e. The number of nitrogens with zero attached hydrogens (tertiary/aromatic N) is 1. The Labute approximate surface area is 170 Å². The first kappa shape index (κ1) is 19.5. The highest BCUT2D eigenvalue weighted by molar-refractivity contribution is 8.00. The van der Waals surface area contributed by atoms with Crippen LogP contribution in [0.2, 0.25) is 0 Å².